The van der Waals surface area contributed by atoms with E-state index in [0.29, 0.717) is 6.42 Å². The summed E-state index contributed by atoms with van der Waals surface area (Å²) in [5, 5.41) is 3.25. The zero-order chi connectivity index (χ0) is 14.1. The summed E-state index contributed by atoms with van der Waals surface area (Å²) in [7, 11) is 0. The Kier molecular flexibility index (Phi) is 8.85. The molecule has 0 aromatic rings. The third kappa shape index (κ3) is 7.56. The highest BCUT2D eigenvalue weighted by atomic mass is 16.1. The molecule has 1 N–H and O–H groups in total. The lowest BCUT2D eigenvalue weighted by molar-refractivity contribution is -0.124. The van der Waals surface area contributed by atoms with E-state index in [4.69, 9.17) is 0 Å². The number of nitrogens with one attached hydrogen (secondary N) is 1. The molecule has 4 heteroatoms. The fourth-order valence-electron chi connectivity index (χ4n) is 1.95. The second-order valence-electron chi connectivity index (χ2n) is 4.95. The first kappa shape index (κ1) is 17.3. The van der Waals surface area contributed by atoms with Crippen molar-refractivity contribution in [1.82, 2.24) is 10.2 Å². The van der Waals surface area contributed by atoms with E-state index in [0.717, 1.165) is 26.1 Å². The van der Waals surface area contributed by atoms with E-state index in [-0.39, 0.29) is 25.1 Å². The van der Waals surface area contributed by atoms with E-state index in [2.05, 4.69) is 31.0 Å². The van der Waals surface area contributed by atoms with Crippen LogP contribution in [-0.4, -0.2) is 48.2 Å². The van der Waals surface area contributed by atoms with Crippen molar-refractivity contribution < 1.29 is 11.0 Å². The summed E-state index contributed by atoms with van der Waals surface area (Å²) >= 11 is 0. The average molecular weight is 258 g/mol. The molecule has 0 radical (unpaired) electrons. The number of nitrogens with zero attached hydrogens (tertiary/aromatic N) is 1. The van der Waals surface area contributed by atoms with Crippen molar-refractivity contribution in [1.29, 1.82) is 0 Å². The molecule has 18 heavy (non-hydrogen) atoms. The van der Waals surface area contributed by atoms with Crippen molar-refractivity contribution in [3.05, 3.63) is 0 Å². The van der Waals surface area contributed by atoms with E-state index in [1.807, 2.05) is 0 Å². The van der Waals surface area contributed by atoms with Crippen molar-refractivity contribution >= 4 is 11.6 Å². The lowest BCUT2D eigenvalue weighted by atomic mass is 10.1. The molecule has 2 atom stereocenters. The third-order valence-corrected chi connectivity index (χ3v) is 3.24. The Hall–Kier alpha value is -0.740. The van der Waals surface area contributed by atoms with Crippen molar-refractivity contribution in [2.45, 2.75) is 59.5 Å². The van der Waals surface area contributed by atoms with Crippen LogP contribution >= 0.6 is 0 Å². The molecule has 0 amide bonds. The van der Waals surface area contributed by atoms with Gasteiger partial charge in [0.05, 0.1) is 6.04 Å². The molecule has 0 aliphatic heterocycles. The largest absolute Gasteiger partial charge is 0.305 e. The summed E-state index contributed by atoms with van der Waals surface area (Å²) < 4.78 is 0. The van der Waals surface area contributed by atoms with Gasteiger partial charge in [0.25, 0.3) is 0 Å². The Balaban J connectivity index is 0. The Morgan fingerprint density at radius 3 is 2.17 bits per heavy atom. The van der Waals surface area contributed by atoms with E-state index in [1.165, 1.54) is 13.8 Å². The minimum absolute atomic E-state index is 0. The molecule has 108 valence electrons. The molecule has 0 heterocycles. The smallest absolute Gasteiger partial charge is 0.147 e. The van der Waals surface area contributed by atoms with Gasteiger partial charge < -0.3 is 10.2 Å². The maximum Gasteiger partial charge on any atom is 0.147 e. The summed E-state index contributed by atoms with van der Waals surface area (Å²) in [4.78, 5) is 24.9. The summed E-state index contributed by atoms with van der Waals surface area (Å²) in [6.45, 7) is 12.5. The molecule has 2 unspecified atom stereocenters. The van der Waals surface area contributed by atoms with Gasteiger partial charge in [-0.1, -0.05) is 13.8 Å². The number of carbonyl (C=O) groups is 2. The van der Waals surface area contributed by atoms with Crippen LogP contribution in [0.2, 0.25) is 0 Å². The van der Waals surface area contributed by atoms with Crippen molar-refractivity contribution in [2.75, 3.05) is 19.6 Å². The molecule has 0 saturated carbocycles. The molecular formula is C14H30N2O2. The summed E-state index contributed by atoms with van der Waals surface area (Å²) in [5.41, 5.74) is 0. The molecule has 0 aliphatic carbocycles. The van der Waals surface area contributed by atoms with E-state index in [1.54, 1.807) is 0 Å². The number of ketones is 2. The van der Waals surface area contributed by atoms with Gasteiger partial charge in [-0.05, 0) is 46.8 Å². The summed E-state index contributed by atoms with van der Waals surface area (Å²) in [5.74, 6) is 0.0959. The Morgan fingerprint density at radius 2 is 1.78 bits per heavy atom. The molecule has 0 aromatic heterocycles. The van der Waals surface area contributed by atoms with Gasteiger partial charge >= 0.3 is 0 Å². The fourth-order valence-corrected chi connectivity index (χ4v) is 1.95. The SMILES string of the molecule is CCN(CC)CCC(C)NC(CC(C)=O)C(C)=O.[HH]. The molecule has 0 aromatic carbocycles. The van der Waals surface area contributed by atoms with Crippen molar-refractivity contribution in [3.63, 3.8) is 0 Å². The zero-order valence-electron chi connectivity index (χ0n) is 12.5. The van der Waals surface area contributed by atoms with Crippen LogP contribution in [0.5, 0.6) is 0 Å². The van der Waals surface area contributed by atoms with Crippen LogP contribution in [0.15, 0.2) is 0 Å². The molecule has 0 spiro atoms. The van der Waals surface area contributed by atoms with Crippen molar-refractivity contribution in [3.8, 4) is 0 Å². The molecule has 0 bridgehead atoms. The maximum absolute atomic E-state index is 11.4. The van der Waals surface area contributed by atoms with Crippen LogP contribution in [0.4, 0.5) is 0 Å². The highest BCUT2D eigenvalue weighted by Gasteiger charge is 2.18. The lowest BCUT2D eigenvalue weighted by Crippen LogP contribution is -2.43. The third-order valence-electron chi connectivity index (χ3n) is 3.24. The summed E-state index contributed by atoms with van der Waals surface area (Å²) in [6.07, 6.45) is 1.29. The zero-order valence-corrected chi connectivity index (χ0v) is 12.5. The van der Waals surface area contributed by atoms with E-state index >= 15 is 0 Å². The van der Waals surface area contributed by atoms with Crippen LogP contribution in [0, 0.1) is 0 Å². The van der Waals surface area contributed by atoms with Crippen LogP contribution in [0.1, 0.15) is 48.9 Å². The molecule has 0 aliphatic rings. The highest BCUT2D eigenvalue weighted by Crippen LogP contribution is 2.01. The maximum atomic E-state index is 11.4. The van der Waals surface area contributed by atoms with Crippen LogP contribution in [0.25, 0.3) is 0 Å². The Labute approximate surface area is 113 Å². The average Bonchev–Trinajstić information content (AvgIpc) is 2.28. The van der Waals surface area contributed by atoms with Gasteiger partial charge in [0.1, 0.15) is 11.6 Å². The molecule has 0 fully saturated rings. The van der Waals surface area contributed by atoms with Gasteiger partial charge in [-0.15, -0.1) is 0 Å². The first-order chi connectivity index (χ1) is 8.40. The van der Waals surface area contributed by atoms with Crippen LogP contribution < -0.4 is 5.32 Å². The fraction of sp³-hybridized carbons (Fsp3) is 0.857. The van der Waals surface area contributed by atoms with Gasteiger partial charge in [-0.2, -0.15) is 0 Å². The monoisotopic (exact) mass is 258 g/mol. The molecular weight excluding hydrogens is 228 g/mol. The van der Waals surface area contributed by atoms with Crippen LogP contribution in [-0.2, 0) is 9.59 Å². The number of carbonyl (C=O) groups excluding carboxylic acids is 2. The van der Waals surface area contributed by atoms with Gasteiger partial charge in [-0.3, -0.25) is 9.59 Å². The van der Waals surface area contributed by atoms with Gasteiger partial charge in [0.15, 0.2) is 0 Å². The Morgan fingerprint density at radius 1 is 1.22 bits per heavy atom. The quantitative estimate of drug-likeness (QED) is 0.650. The van der Waals surface area contributed by atoms with Crippen molar-refractivity contribution in [2.24, 2.45) is 0 Å². The summed E-state index contributed by atoms with van der Waals surface area (Å²) in [6, 6.07) is -0.0759. The second kappa shape index (κ2) is 9.22. The molecule has 0 rings (SSSR count). The number of hydrogen-bond acceptors (Lipinski definition) is 4. The van der Waals surface area contributed by atoms with Gasteiger partial charge in [0.2, 0.25) is 0 Å². The first-order valence-corrected chi connectivity index (χ1v) is 6.88. The van der Waals surface area contributed by atoms with Gasteiger partial charge in [-0.25, -0.2) is 0 Å². The topological polar surface area (TPSA) is 49.4 Å². The van der Waals surface area contributed by atoms with E-state index < -0.39 is 0 Å². The van der Waals surface area contributed by atoms with E-state index in [9.17, 15) is 9.59 Å². The second-order valence-corrected chi connectivity index (χ2v) is 4.95. The minimum atomic E-state index is -0.325. The lowest BCUT2D eigenvalue weighted by Gasteiger charge is -2.24. The molecule has 4 nitrogen and oxygen atoms in total. The predicted octanol–water partition coefficient (Wildman–Crippen LogP) is 1.88. The van der Waals surface area contributed by atoms with Crippen LogP contribution in [0.3, 0.4) is 0 Å². The molecule has 0 saturated heterocycles. The minimum Gasteiger partial charge on any atom is -0.305 e. The van der Waals surface area contributed by atoms with Gasteiger partial charge in [0, 0.05) is 13.9 Å². The first-order valence-electron chi connectivity index (χ1n) is 6.88. The number of rotatable bonds is 10. The predicted molar refractivity (Wildman–Crippen MR) is 76.9 cm³/mol. The highest BCUT2D eigenvalue weighted by molar-refractivity contribution is 5.88. The standard InChI is InChI=1S/C14H28N2O2.H2/c1-6-16(7-2)9-8-11(3)15-14(13(5)18)10-12(4)17;/h11,14-15H,6-10H2,1-5H3;1H. The number of Topliss-reactive ketones (excluding diaryl/α,β-unsaturated/α-hetero) is 2. The number of hydrogen-bond donors (Lipinski definition) is 1. The normalized spacial score (nSPS) is 14.6. The Bertz CT molecular complexity index is 268.